The molecule has 0 spiro atoms. The number of anilines is 2. The molecule has 0 saturated carbocycles. The number of carbonyl (C=O) groups is 2. The number of amides is 2. The maximum atomic E-state index is 13.3. The highest BCUT2D eigenvalue weighted by Crippen LogP contribution is 2.27. The van der Waals surface area contributed by atoms with Crippen molar-refractivity contribution >= 4 is 43.8 Å². The number of aryl methyl sites for hydroxylation is 2. The second-order valence-corrected chi connectivity index (χ2v) is 10.8. The van der Waals surface area contributed by atoms with Gasteiger partial charge in [-0.1, -0.05) is 23.8 Å². The number of nitrogens with one attached hydrogen (secondary N) is 2. The minimum atomic E-state index is -3.73. The van der Waals surface area contributed by atoms with Crippen molar-refractivity contribution in [1.82, 2.24) is 19.7 Å². The maximum absolute atomic E-state index is 13.3. The summed E-state index contributed by atoms with van der Waals surface area (Å²) in [6.07, 6.45) is 2.67. The molecule has 11 nitrogen and oxygen atoms in total. The number of rotatable bonds is 8. The molecule has 4 aromatic rings. The molecule has 2 heterocycles. The third kappa shape index (κ3) is 5.42. The third-order valence-electron chi connectivity index (χ3n) is 5.07. The molecule has 0 aliphatic heterocycles. The SMILES string of the molecule is COc1ccccc1C(=O)c1cc(C)ccc1NC(=O)Nc1ncc(CS(=O)(=O)c2nncn2C)s1. The Morgan fingerprint density at radius 1 is 1.11 bits per heavy atom. The molecule has 0 bridgehead atoms. The Kier molecular flexibility index (Phi) is 7.12. The minimum Gasteiger partial charge on any atom is -0.496 e. The first kappa shape index (κ1) is 25.0. The average molecular weight is 527 g/mol. The smallest absolute Gasteiger partial charge is 0.325 e. The van der Waals surface area contributed by atoms with E-state index in [1.165, 1.54) is 31.2 Å². The highest BCUT2D eigenvalue weighted by molar-refractivity contribution is 7.90. The van der Waals surface area contributed by atoms with Crippen LogP contribution in [-0.2, 0) is 22.6 Å². The number of urea groups is 1. The summed E-state index contributed by atoms with van der Waals surface area (Å²) in [5.41, 5.74) is 1.80. The zero-order valence-electron chi connectivity index (χ0n) is 19.5. The molecule has 0 fully saturated rings. The number of methoxy groups -OCH3 is 1. The number of carbonyl (C=O) groups excluding carboxylic acids is 2. The summed E-state index contributed by atoms with van der Waals surface area (Å²) in [6.45, 7) is 1.84. The molecule has 36 heavy (non-hydrogen) atoms. The van der Waals surface area contributed by atoms with Crippen LogP contribution in [-0.4, -0.2) is 47.1 Å². The summed E-state index contributed by atoms with van der Waals surface area (Å²) in [4.78, 5) is 30.5. The van der Waals surface area contributed by atoms with Gasteiger partial charge in [0, 0.05) is 23.7 Å². The second kappa shape index (κ2) is 10.3. The molecule has 0 atom stereocenters. The molecule has 0 aliphatic rings. The minimum absolute atomic E-state index is 0.158. The topological polar surface area (TPSA) is 145 Å². The standard InChI is InChI=1S/C23H22N6O5S2/c1-14-8-9-18(17(10-14)20(30)16-6-4-5-7-19(16)34-3)26-21(31)27-22-24-11-15(35-22)12-36(32,33)23-28-25-13-29(23)2/h4-11,13H,12H2,1-3H3,(H2,24,26,27,31). The van der Waals surface area contributed by atoms with Gasteiger partial charge in [-0.2, -0.15) is 0 Å². The van der Waals surface area contributed by atoms with E-state index in [0.29, 0.717) is 27.4 Å². The van der Waals surface area contributed by atoms with Gasteiger partial charge in [0.15, 0.2) is 10.9 Å². The Morgan fingerprint density at radius 3 is 2.61 bits per heavy atom. The van der Waals surface area contributed by atoms with E-state index in [9.17, 15) is 18.0 Å². The normalized spacial score (nSPS) is 11.2. The molecule has 0 aliphatic carbocycles. The monoisotopic (exact) mass is 526 g/mol. The van der Waals surface area contributed by atoms with E-state index in [2.05, 4.69) is 25.8 Å². The summed E-state index contributed by atoms with van der Waals surface area (Å²) in [5.74, 6) is -0.223. The van der Waals surface area contributed by atoms with E-state index in [1.54, 1.807) is 42.5 Å². The maximum Gasteiger partial charge on any atom is 0.325 e. The predicted octanol–water partition coefficient (Wildman–Crippen LogP) is 3.44. The lowest BCUT2D eigenvalue weighted by atomic mass is 9.99. The van der Waals surface area contributed by atoms with Crippen LogP contribution in [0.4, 0.5) is 15.6 Å². The predicted molar refractivity (Wildman–Crippen MR) is 134 cm³/mol. The first-order valence-electron chi connectivity index (χ1n) is 10.6. The van der Waals surface area contributed by atoms with E-state index in [-0.39, 0.29) is 21.8 Å². The van der Waals surface area contributed by atoms with E-state index in [1.807, 2.05) is 6.92 Å². The van der Waals surface area contributed by atoms with Gasteiger partial charge in [-0.3, -0.25) is 10.1 Å². The first-order chi connectivity index (χ1) is 17.2. The Bertz CT molecular complexity index is 1540. The molecule has 2 N–H and O–H groups in total. The van der Waals surface area contributed by atoms with Gasteiger partial charge in [-0.15, -0.1) is 21.5 Å². The van der Waals surface area contributed by atoms with Crippen LogP contribution in [0.1, 0.15) is 26.4 Å². The second-order valence-electron chi connectivity index (χ2n) is 7.77. The number of ether oxygens (including phenoxy) is 1. The number of ketones is 1. The molecular formula is C23H22N6O5S2. The van der Waals surface area contributed by atoms with Crippen molar-refractivity contribution in [2.75, 3.05) is 17.7 Å². The lowest BCUT2D eigenvalue weighted by molar-refractivity contribution is 0.103. The van der Waals surface area contributed by atoms with E-state index < -0.39 is 15.9 Å². The van der Waals surface area contributed by atoms with Gasteiger partial charge in [-0.25, -0.2) is 18.2 Å². The van der Waals surface area contributed by atoms with Crippen molar-refractivity contribution in [2.24, 2.45) is 7.05 Å². The fourth-order valence-corrected chi connectivity index (χ4v) is 5.96. The Balaban J connectivity index is 1.49. The van der Waals surface area contributed by atoms with Crippen LogP contribution in [0.15, 0.2) is 60.1 Å². The van der Waals surface area contributed by atoms with E-state index in [0.717, 1.165) is 16.9 Å². The number of nitrogens with zero attached hydrogens (tertiary/aromatic N) is 4. The van der Waals surface area contributed by atoms with Gasteiger partial charge in [0.1, 0.15) is 12.1 Å². The van der Waals surface area contributed by atoms with Crippen LogP contribution >= 0.6 is 11.3 Å². The molecule has 4 rings (SSSR count). The highest BCUT2D eigenvalue weighted by atomic mass is 32.2. The molecular weight excluding hydrogens is 504 g/mol. The summed E-state index contributed by atoms with van der Waals surface area (Å²) in [5, 5.41) is 12.5. The molecule has 2 aromatic carbocycles. The summed E-state index contributed by atoms with van der Waals surface area (Å²) >= 11 is 1.01. The molecule has 2 aromatic heterocycles. The van der Waals surface area contributed by atoms with Gasteiger partial charge >= 0.3 is 6.03 Å². The number of para-hydroxylation sites is 1. The molecule has 2 amide bonds. The van der Waals surface area contributed by atoms with Gasteiger partial charge in [0.25, 0.3) is 0 Å². The summed E-state index contributed by atoms with van der Waals surface area (Å²) in [7, 11) is -0.714. The molecule has 0 saturated heterocycles. The zero-order valence-corrected chi connectivity index (χ0v) is 21.2. The van der Waals surface area contributed by atoms with E-state index in [4.69, 9.17) is 4.74 Å². The van der Waals surface area contributed by atoms with Gasteiger partial charge in [0.05, 0.1) is 24.1 Å². The van der Waals surface area contributed by atoms with Crippen LogP contribution in [0.25, 0.3) is 0 Å². The third-order valence-corrected chi connectivity index (χ3v) is 7.79. The van der Waals surface area contributed by atoms with Gasteiger partial charge < -0.3 is 14.6 Å². The zero-order chi connectivity index (χ0) is 25.9. The van der Waals surface area contributed by atoms with Crippen molar-refractivity contribution in [3.63, 3.8) is 0 Å². The summed E-state index contributed by atoms with van der Waals surface area (Å²) in [6, 6.07) is 11.3. The van der Waals surface area contributed by atoms with Crippen LogP contribution in [0.3, 0.4) is 0 Å². The van der Waals surface area contributed by atoms with Crippen molar-refractivity contribution in [3.8, 4) is 5.75 Å². The Morgan fingerprint density at radius 2 is 1.89 bits per heavy atom. The number of benzene rings is 2. The number of hydrogen-bond acceptors (Lipinski definition) is 9. The van der Waals surface area contributed by atoms with Crippen LogP contribution in [0.2, 0.25) is 0 Å². The lowest BCUT2D eigenvalue weighted by Gasteiger charge is -2.13. The number of sulfone groups is 1. The van der Waals surface area contributed by atoms with E-state index >= 15 is 0 Å². The van der Waals surface area contributed by atoms with Crippen molar-refractivity contribution in [2.45, 2.75) is 17.8 Å². The lowest BCUT2D eigenvalue weighted by Crippen LogP contribution is -2.21. The van der Waals surface area contributed by atoms with Crippen molar-refractivity contribution < 1.29 is 22.7 Å². The number of hydrogen-bond donors (Lipinski definition) is 2. The van der Waals surface area contributed by atoms with Gasteiger partial charge in [0.2, 0.25) is 15.0 Å². The quantitative estimate of drug-likeness (QED) is 0.332. The molecule has 0 radical (unpaired) electrons. The van der Waals surface area contributed by atoms with Crippen molar-refractivity contribution in [1.29, 1.82) is 0 Å². The molecule has 13 heteroatoms. The Hall–Kier alpha value is -4.10. The molecule has 186 valence electrons. The average Bonchev–Trinajstić information content (AvgIpc) is 3.48. The Labute approximate surface area is 211 Å². The molecule has 0 unspecified atom stereocenters. The highest BCUT2D eigenvalue weighted by Gasteiger charge is 2.23. The van der Waals surface area contributed by atoms with Crippen molar-refractivity contribution in [3.05, 3.63) is 76.6 Å². The number of aromatic nitrogens is 4. The largest absolute Gasteiger partial charge is 0.496 e. The fraction of sp³-hybridized carbons (Fsp3) is 0.174. The first-order valence-corrected chi connectivity index (χ1v) is 13.0. The van der Waals surface area contributed by atoms with Gasteiger partial charge in [-0.05, 0) is 31.2 Å². The fourth-order valence-electron chi connectivity index (χ4n) is 3.42. The van der Waals surface area contributed by atoms with Crippen LogP contribution < -0.4 is 15.4 Å². The summed E-state index contributed by atoms with van der Waals surface area (Å²) < 4.78 is 31.7. The van der Waals surface area contributed by atoms with Crippen LogP contribution in [0.5, 0.6) is 5.75 Å². The van der Waals surface area contributed by atoms with Crippen LogP contribution in [0, 0.1) is 6.92 Å². The number of thiazole rings is 1.